The SMILES string of the molecule is Cc1cccc(C)c1NC(=O)Cn1nnc(-c2ccc(C[NH+]3CCCC[C@@H]3C)cc2)n1. The van der Waals surface area contributed by atoms with Crippen molar-refractivity contribution in [2.24, 2.45) is 0 Å². The Morgan fingerprint density at radius 3 is 2.58 bits per heavy atom. The Morgan fingerprint density at radius 2 is 1.87 bits per heavy atom. The Kier molecular flexibility index (Phi) is 6.42. The van der Waals surface area contributed by atoms with Crippen molar-refractivity contribution in [2.75, 3.05) is 11.9 Å². The summed E-state index contributed by atoms with van der Waals surface area (Å²) >= 11 is 0. The van der Waals surface area contributed by atoms with Crippen LogP contribution in [-0.4, -0.2) is 38.7 Å². The van der Waals surface area contributed by atoms with Gasteiger partial charge in [-0.25, -0.2) is 0 Å². The standard InChI is InChI=1S/C24H30N6O/c1-17-7-6-8-18(2)23(17)25-22(31)16-30-27-24(26-28-30)21-12-10-20(11-13-21)15-29-14-5-4-9-19(29)3/h6-8,10-13,19H,4-5,9,14-16H2,1-3H3,(H,25,31)/p+1/t19-/m0/s1. The van der Waals surface area contributed by atoms with Crippen LogP contribution in [0.2, 0.25) is 0 Å². The number of amides is 1. The zero-order valence-corrected chi connectivity index (χ0v) is 18.6. The minimum atomic E-state index is -0.171. The van der Waals surface area contributed by atoms with E-state index in [0.717, 1.165) is 35.0 Å². The van der Waals surface area contributed by atoms with E-state index in [1.165, 1.54) is 36.2 Å². The fourth-order valence-electron chi connectivity index (χ4n) is 4.29. The van der Waals surface area contributed by atoms with Crippen LogP contribution < -0.4 is 10.2 Å². The second kappa shape index (κ2) is 9.39. The van der Waals surface area contributed by atoms with Gasteiger partial charge in [-0.3, -0.25) is 4.79 Å². The lowest BCUT2D eigenvalue weighted by Gasteiger charge is -2.30. The Bertz CT molecular complexity index is 1020. The van der Waals surface area contributed by atoms with Crippen molar-refractivity contribution >= 4 is 11.6 Å². The Labute approximate surface area is 183 Å². The number of nitrogens with one attached hydrogen (secondary N) is 2. The monoisotopic (exact) mass is 419 g/mol. The second-order valence-corrected chi connectivity index (χ2v) is 8.64. The molecule has 0 bridgehead atoms. The van der Waals surface area contributed by atoms with Gasteiger partial charge in [0.2, 0.25) is 11.7 Å². The Morgan fingerprint density at radius 1 is 1.13 bits per heavy atom. The third-order valence-electron chi connectivity index (χ3n) is 6.21. The summed E-state index contributed by atoms with van der Waals surface area (Å²) in [7, 11) is 0. The van der Waals surface area contributed by atoms with Gasteiger partial charge >= 0.3 is 0 Å². The van der Waals surface area contributed by atoms with Crippen molar-refractivity contribution in [1.29, 1.82) is 0 Å². The third kappa shape index (κ3) is 5.17. The van der Waals surface area contributed by atoms with Crippen LogP contribution in [0.1, 0.15) is 42.9 Å². The zero-order chi connectivity index (χ0) is 21.8. The fraction of sp³-hybridized carbons (Fsp3) is 0.417. The number of hydrogen-bond donors (Lipinski definition) is 2. The van der Waals surface area contributed by atoms with Gasteiger partial charge in [0.05, 0.1) is 12.6 Å². The first-order chi connectivity index (χ1) is 15.0. The van der Waals surface area contributed by atoms with Crippen molar-refractivity contribution < 1.29 is 9.69 Å². The quantitative estimate of drug-likeness (QED) is 0.644. The number of nitrogens with zero attached hydrogens (tertiary/aromatic N) is 4. The highest BCUT2D eigenvalue weighted by molar-refractivity contribution is 5.92. The molecular formula is C24H31N6O+. The average Bonchev–Trinajstić information content (AvgIpc) is 3.21. The van der Waals surface area contributed by atoms with E-state index in [-0.39, 0.29) is 12.5 Å². The highest BCUT2D eigenvalue weighted by Gasteiger charge is 2.21. The number of benzene rings is 2. The molecule has 1 fully saturated rings. The summed E-state index contributed by atoms with van der Waals surface area (Å²) < 4.78 is 0. The van der Waals surface area contributed by atoms with Crippen LogP contribution in [-0.2, 0) is 17.9 Å². The van der Waals surface area contributed by atoms with Gasteiger partial charge in [0.15, 0.2) is 0 Å². The predicted molar refractivity (Wildman–Crippen MR) is 121 cm³/mol. The lowest BCUT2D eigenvalue weighted by atomic mass is 10.0. The summed E-state index contributed by atoms with van der Waals surface area (Å²) in [5, 5.41) is 15.5. The van der Waals surface area contributed by atoms with Crippen LogP contribution >= 0.6 is 0 Å². The lowest BCUT2D eigenvalue weighted by molar-refractivity contribution is -0.941. The smallest absolute Gasteiger partial charge is 0.248 e. The van der Waals surface area contributed by atoms with Crippen LogP contribution in [0.25, 0.3) is 11.4 Å². The van der Waals surface area contributed by atoms with E-state index in [9.17, 15) is 4.79 Å². The third-order valence-corrected chi connectivity index (χ3v) is 6.21. The number of piperidine rings is 1. The zero-order valence-electron chi connectivity index (χ0n) is 18.6. The molecule has 0 radical (unpaired) electrons. The molecule has 7 heteroatoms. The summed E-state index contributed by atoms with van der Waals surface area (Å²) in [6, 6.07) is 15.0. The predicted octanol–water partition coefficient (Wildman–Crippen LogP) is 2.55. The van der Waals surface area contributed by atoms with E-state index in [1.54, 1.807) is 4.90 Å². The molecule has 1 unspecified atom stereocenters. The first kappa shape index (κ1) is 21.2. The van der Waals surface area contributed by atoms with Gasteiger partial charge in [-0.15, -0.1) is 10.2 Å². The van der Waals surface area contributed by atoms with E-state index < -0.39 is 0 Å². The van der Waals surface area contributed by atoms with Crippen molar-refractivity contribution in [3.05, 3.63) is 59.2 Å². The first-order valence-electron chi connectivity index (χ1n) is 11.1. The van der Waals surface area contributed by atoms with Crippen LogP contribution in [0.5, 0.6) is 0 Å². The normalized spacial score (nSPS) is 18.7. The topological polar surface area (TPSA) is 77.1 Å². The summed E-state index contributed by atoms with van der Waals surface area (Å²) in [6.45, 7) is 8.64. The number of hydrogen-bond acceptors (Lipinski definition) is 4. The summed E-state index contributed by atoms with van der Waals surface area (Å²) in [5.74, 6) is 0.362. The highest BCUT2D eigenvalue weighted by atomic mass is 16.2. The first-order valence-corrected chi connectivity index (χ1v) is 11.1. The number of aryl methyl sites for hydroxylation is 2. The minimum absolute atomic E-state index is 0.0229. The van der Waals surface area contributed by atoms with Crippen LogP contribution in [0, 0.1) is 13.8 Å². The molecule has 1 saturated heterocycles. The maximum atomic E-state index is 12.5. The molecule has 0 saturated carbocycles. The number of anilines is 1. The molecule has 2 atom stereocenters. The number of likely N-dealkylation sites (tertiary alicyclic amines) is 1. The van der Waals surface area contributed by atoms with Gasteiger partial charge < -0.3 is 10.2 Å². The van der Waals surface area contributed by atoms with Gasteiger partial charge in [-0.05, 0) is 56.4 Å². The van der Waals surface area contributed by atoms with Crippen molar-refractivity contribution in [3.8, 4) is 11.4 Å². The van der Waals surface area contributed by atoms with Gasteiger partial charge in [0.25, 0.3) is 0 Å². The molecule has 4 rings (SSSR count). The molecule has 0 aliphatic carbocycles. The molecule has 31 heavy (non-hydrogen) atoms. The molecule has 0 spiro atoms. The van der Waals surface area contributed by atoms with Crippen molar-refractivity contribution in [2.45, 2.75) is 59.2 Å². The maximum absolute atomic E-state index is 12.5. The highest BCUT2D eigenvalue weighted by Crippen LogP contribution is 2.19. The van der Waals surface area contributed by atoms with Gasteiger partial charge in [-0.2, -0.15) is 4.80 Å². The van der Waals surface area contributed by atoms with Crippen LogP contribution in [0.15, 0.2) is 42.5 Å². The van der Waals surface area contributed by atoms with Crippen molar-refractivity contribution in [3.63, 3.8) is 0 Å². The molecule has 1 aromatic heterocycles. The van der Waals surface area contributed by atoms with Crippen LogP contribution in [0.3, 0.4) is 0 Å². The minimum Gasteiger partial charge on any atom is -0.329 e. The van der Waals surface area contributed by atoms with Crippen LogP contribution in [0.4, 0.5) is 5.69 Å². The summed E-state index contributed by atoms with van der Waals surface area (Å²) in [4.78, 5) is 15.5. The van der Waals surface area contributed by atoms with Gasteiger partial charge in [0, 0.05) is 16.8 Å². The largest absolute Gasteiger partial charge is 0.329 e. The number of para-hydroxylation sites is 1. The molecular weight excluding hydrogens is 388 g/mol. The molecule has 162 valence electrons. The number of rotatable bonds is 6. The number of tetrazole rings is 1. The molecule has 2 N–H and O–H groups in total. The molecule has 1 aliphatic heterocycles. The Balaban J connectivity index is 1.37. The van der Waals surface area contributed by atoms with E-state index >= 15 is 0 Å². The van der Waals surface area contributed by atoms with Gasteiger partial charge in [0.1, 0.15) is 13.1 Å². The molecule has 2 aromatic carbocycles. The summed E-state index contributed by atoms with van der Waals surface area (Å²) in [6.07, 6.45) is 3.99. The summed E-state index contributed by atoms with van der Waals surface area (Å²) in [5.41, 5.74) is 5.14. The lowest BCUT2D eigenvalue weighted by Crippen LogP contribution is -3.14. The number of aromatic nitrogens is 4. The maximum Gasteiger partial charge on any atom is 0.248 e. The Hall–Kier alpha value is -3.06. The number of quaternary nitrogens is 1. The van der Waals surface area contributed by atoms with E-state index in [2.05, 4.69) is 39.8 Å². The molecule has 2 heterocycles. The van der Waals surface area contributed by atoms with E-state index in [4.69, 9.17) is 0 Å². The second-order valence-electron chi connectivity index (χ2n) is 8.64. The number of carbonyl (C=O) groups excluding carboxylic acids is 1. The fourth-order valence-corrected chi connectivity index (χ4v) is 4.29. The molecule has 1 aliphatic rings. The molecule has 7 nitrogen and oxygen atoms in total. The van der Waals surface area contributed by atoms with E-state index in [1.807, 2.05) is 44.2 Å². The van der Waals surface area contributed by atoms with Crippen molar-refractivity contribution in [1.82, 2.24) is 20.2 Å². The number of carbonyl (C=O) groups is 1. The molecule has 1 amide bonds. The van der Waals surface area contributed by atoms with E-state index in [0.29, 0.717) is 5.82 Å². The average molecular weight is 420 g/mol. The molecule has 3 aromatic rings. The van der Waals surface area contributed by atoms with Gasteiger partial charge in [-0.1, -0.05) is 42.5 Å².